The molecule has 16 heavy (non-hydrogen) atoms. The Hall–Kier alpha value is -0.360. The minimum atomic E-state index is -0.215. The van der Waals surface area contributed by atoms with Crippen LogP contribution in [0.4, 0.5) is 0 Å². The first-order chi connectivity index (χ1) is 7.54. The van der Waals surface area contributed by atoms with Gasteiger partial charge in [0.1, 0.15) is 6.10 Å². The number of hydrogen-bond acceptors (Lipinski definition) is 5. The van der Waals surface area contributed by atoms with Gasteiger partial charge in [0.05, 0.1) is 11.1 Å². The van der Waals surface area contributed by atoms with Crippen molar-refractivity contribution >= 4 is 23.5 Å². The van der Waals surface area contributed by atoms with Crippen molar-refractivity contribution in [3.05, 3.63) is 23.2 Å². The number of nitrogens with two attached hydrogens (primary N) is 1. The molecule has 6 heteroatoms. The molecule has 0 aliphatic rings. The lowest BCUT2D eigenvalue weighted by atomic mass is 10.2. The summed E-state index contributed by atoms with van der Waals surface area (Å²) in [4.78, 5) is 8.33. The van der Waals surface area contributed by atoms with Crippen molar-refractivity contribution in [2.24, 2.45) is 5.14 Å². The predicted octanol–water partition coefficient (Wildman–Crippen LogP) is 2.59. The molecule has 0 bridgehead atoms. The van der Waals surface area contributed by atoms with Gasteiger partial charge in [-0.2, -0.15) is 0 Å². The molecular weight excluding hydrogens is 246 g/mol. The fraction of sp³-hybridized carbons (Fsp3) is 0.600. The molecule has 0 fully saturated rings. The Morgan fingerprint density at radius 2 is 1.88 bits per heavy atom. The zero-order chi connectivity index (χ0) is 12.1. The Bertz CT molecular complexity index is 320. The van der Waals surface area contributed by atoms with Crippen LogP contribution in [0.5, 0.6) is 0 Å². The summed E-state index contributed by atoms with van der Waals surface area (Å²) in [5.41, 5.74) is 0. The number of aromatic nitrogens is 2. The highest BCUT2D eigenvalue weighted by Crippen LogP contribution is 2.26. The molecule has 4 nitrogen and oxygen atoms in total. The monoisotopic (exact) mass is 261 g/mol. The van der Waals surface area contributed by atoms with Gasteiger partial charge in [-0.15, -0.1) is 0 Å². The van der Waals surface area contributed by atoms with Gasteiger partial charge >= 0.3 is 0 Å². The molecule has 2 atom stereocenters. The van der Waals surface area contributed by atoms with E-state index in [0.717, 1.165) is 0 Å². The Morgan fingerprint density at radius 3 is 2.31 bits per heavy atom. The maximum absolute atomic E-state index is 5.76. The summed E-state index contributed by atoms with van der Waals surface area (Å²) in [5.74, 6) is 0.614. The molecule has 90 valence electrons. The average Bonchev–Trinajstić information content (AvgIpc) is 2.26. The van der Waals surface area contributed by atoms with Crippen molar-refractivity contribution in [2.75, 3.05) is 0 Å². The number of halogens is 1. The normalized spacial score (nSPS) is 15.1. The first-order valence-electron chi connectivity index (χ1n) is 5.03. The Labute approximate surface area is 105 Å². The molecule has 1 heterocycles. The van der Waals surface area contributed by atoms with E-state index in [2.05, 4.69) is 9.97 Å². The molecule has 0 amide bonds. The van der Waals surface area contributed by atoms with Gasteiger partial charge in [0, 0.05) is 17.6 Å². The molecule has 1 rings (SSSR count). The maximum atomic E-state index is 5.76. The van der Waals surface area contributed by atoms with Crippen molar-refractivity contribution in [1.82, 2.24) is 9.97 Å². The van der Waals surface area contributed by atoms with Crippen molar-refractivity contribution in [3.63, 3.8) is 0 Å². The van der Waals surface area contributed by atoms with Crippen molar-refractivity contribution < 1.29 is 4.74 Å². The highest BCUT2D eigenvalue weighted by atomic mass is 35.5. The van der Waals surface area contributed by atoms with Crippen LogP contribution in [0.1, 0.15) is 32.7 Å². The van der Waals surface area contributed by atoms with Crippen LogP contribution >= 0.6 is 23.5 Å². The lowest BCUT2D eigenvalue weighted by molar-refractivity contribution is 0.00282. The van der Waals surface area contributed by atoms with Crippen LogP contribution in [0.25, 0.3) is 0 Å². The molecule has 2 N–H and O–H groups in total. The highest BCUT2D eigenvalue weighted by molar-refractivity contribution is 7.97. The molecule has 0 saturated heterocycles. The van der Waals surface area contributed by atoms with E-state index >= 15 is 0 Å². The molecule has 0 saturated carbocycles. The van der Waals surface area contributed by atoms with Gasteiger partial charge in [0.2, 0.25) is 0 Å². The summed E-state index contributed by atoms with van der Waals surface area (Å²) in [7, 11) is 0. The van der Waals surface area contributed by atoms with E-state index in [1.807, 2.05) is 20.8 Å². The first-order valence-corrected chi connectivity index (χ1v) is 6.35. The van der Waals surface area contributed by atoms with Crippen LogP contribution in [0.3, 0.4) is 0 Å². The van der Waals surface area contributed by atoms with Crippen molar-refractivity contribution in [3.8, 4) is 0 Å². The standard InChI is InChI=1S/C10H16ClN3OS/c1-6(2)15-9(7(3)16-12)10-13-4-8(11)5-14-10/h4-7,9H,12H2,1-3H3. The van der Waals surface area contributed by atoms with E-state index in [-0.39, 0.29) is 17.5 Å². The van der Waals surface area contributed by atoms with E-state index in [4.69, 9.17) is 21.5 Å². The Morgan fingerprint density at radius 1 is 1.31 bits per heavy atom. The predicted molar refractivity (Wildman–Crippen MR) is 67.2 cm³/mol. The van der Waals surface area contributed by atoms with E-state index in [1.54, 1.807) is 12.4 Å². The van der Waals surface area contributed by atoms with Gasteiger partial charge in [-0.1, -0.05) is 23.5 Å². The van der Waals surface area contributed by atoms with Gasteiger partial charge < -0.3 is 4.74 Å². The van der Waals surface area contributed by atoms with Crippen LogP contribution in [0.15, 0.2) is 12.4 Å². The molecule has 1 aromatic rings. The average molecular weight is 262 g/mol. The van der Waals surface area contributed by atoms with Crippen molar-refractivity contribution in [2.45, 2.75) is 38.2 Å². The third-order valence-corrected chi connectivity index (χ3v) is 2.83. The molecular formula is C10H16ClN3OS. The smallest absolute Gasteiger partial charge is 0.158 e. The largest absolute Gasteiger partial charge is 0.366 e. The minimum Gasteiger partial charge on any atom is -0.366 e. The summed E-state index contributed by atoms with van der Waals surface area (Å²) in [6.07, 6.45) is 3.01. The number of nitrogens with zero attached hydrogens (tertiary/aromatic N) is 2. The molecule has 0 radical (unpaired) electrons. The molecule has 0 spiro atoms. The van der Waals surface area contributed by atoms with Crippen LogP contribution in [0.2, 0.25) is 5.02 Å². The second-order valence-corrected chi connectivity index (χ2v) is 5.16. The van der Waals surface area contributed by atoms with Crippen LogP contribution in [-0.2, 0) is 4.74 Å². The topological polar surface area (TPSA) is 61.0 Å². The molecule has 1 aromatic heterocycles. The zero-order valence-electron chi connectivity index (χ0n) is 9.55. The van der Waals surface area contributed by atoms with Gasteiger partial charge in [0.25, 0.3) is 0 Å². The van der Waals surface area contributed by atoms with E-state index in [0.29, 0.717) is 10.8 Å². The number of ether oxygens (including phenoxy) is 1. The maximum Gasteiger partial charge on any atom is 0.158 e. The minimum absolute atomic E-state index is 0.0866. The molecule has 2 unspecified atom stereocenters. The molecule has 0 aromatic carbocycles. The van der Waals surface area contributed by atoms with E-state index in [9.17, 15) is 0 Å². The molecule has 0 aliphatic carbocycles. The second-order valence-electron chi connectivity index (χ2n) is 3.71. The van der Waals surface area contributed by atoms with Crippen LogP contribution in [-0.4, -0.2) is 21.3 Å². The van der Waals surface area contributed by atoms with Crippen LogP contribution in [0, 0.1) is 0 Å². The fourth-order valence-corrected chi connectivity index (χ4v) is 1.64. The second kappa shape index (κ2) is 6.39. The number of hydrogen-bond donors (Lipinski definition) is 1. The third kappa shape index (κ3) is 3.90. The first kappa shape index (κ1) is 13.7. The third-order valence-electron chi connectivity index (χ3n) is 1.95. The number of rotatable bonds is 5. The summed E-state index contributed by atoms with van der Waals surface area (Å²) < 4.78 is 5.76. The van der Waals surface area contributed by atoms with E-state index in [1.165, 1.54) is 11.9 Å². The summed E-state index contributed by atoms with van der Waals surface area (Å²) in [5, 5.41) is 6.17. The zero-order valence-corrected chi connectivity index (χ0v) is 11.1. The highest BCUT2D eigenvalue weighted by Gasteiger charge is 2.23. The SMILES string of the molecule is CC(C)OC(c1ncc(Cl)cn1)C(C)SN. The Kier molecular flexibility index (Phi) is 5.48. The summed E-state index contributed by atoms with van der Waals surface area (Å²) in [6, 6.07) is 0. The lowest BCUT2D eigenvalue weighted by Gasteiger charge is -2.23. The van der Waals surface area contributed by atoms with Gasteiger partial charge in [-0.05, 0) is 20.8 Å². The molecule has 0 aliphatic heterocycles. The summed E-state index contributed by atoms with van der Waals surface area (Å²) in [6.45, 7) is 5.92. The van der Waals surface area contributed by atoms with Gasteiger partial charge in [-0.25, -0.2) is 9.97 Å². The van der Waals surface area contributed by atoms with Crippen LogP contribution < -0.4 is 5.14 Å². The van der Waals surface area contributed by atoms with Crippen molar-refractivity contribution in [1.29, 1.82) is 0 Å². The lowest BCUT2D eigenvalue weighted by Crippen LogP contribution is -2.22. The van der Waals surface area contributed by atoms with Gasteiger partial charge in [0.15, 0.2) is 5.82 Å². The Balaban J connectivity index is 2.87. The quantitative estimate of drug-likeness (QED) is 0.826. The fourth-order valence-electron chi connectivity index (χ4n) is 1.22. The summed E-state index contributed by atoms with van der Waals surface area (Å²) >= 11 is 6.98. The van der Waals surface area contributed by atoms with E-state index < -0.39 is 0 Å². The van der Waals surface area contributed by atoms with Gasteiger partial charge in [-0.3, -0.25) is 5.14 Å².